The van der Waals surface area contributed by atoms with Crippen LogP contribution in [0.2, 0.25) is 0 Å². The number of aliphatic hydroxyl groups excluding tert-OH is 2. The van der Waals surface area contributed by atoms with Gasteiger partial charge in [0.1, 0.15) is 12.2 Å². The second-order valence-electron chi connectivity index (χ2n) is 7.07. The monoisotopic (exact) mass is 376 g/mol. The van der Waals surface area contributed by atoms with E-state index in [0.717, 1.165) is 0 Å². The zero-order valence-corrected chi connectivity index (χ0v) is 15.5. The van der Waals surface area contributed by atoms with E-state index in [-0.39, 0.29) is 26.3 Å². The van der Waals surface area contributed by atoms with Crippen LogP contribution in [-0.2, 0) is 28.5 Å². The second-order valence-corrected chi connectivity index (χ2v) is 7.07. The summed E-state index contributed by atoms with van der Waals surface area (Å²) in [4.78, 5) is 24.8. The molecule has 0 aromatic heterocycles. The lowest BCUT2D eigenvalue weighted by atomic mass is 10.0. The Kier molecular flexibility index (Phi) is 6.59. The van der Waals surface area contributed by atoms with E-state index in [1.54, 1.807) is 27.7 Å². The summed E-state index contributed by atoms with van der Waals surface area (Å²) in [5, 5.41) is 22.9. The zero-order valence-electron chi connectivity index (χ0n) is 15.5. The first-order valence-electron chi connectivity index (χ1n) is 8.58. The van der Waals surface area contributed by atoms with Gasteiger partial charge >= 0.3 is 0 Å². The Hall–Kier alpha value is -1.30. The molecule has 2 amide bonds. The van der Waals surface area contributed by atoms with Crippen LogP contribution in [0.4, 0.5) is 0 Å². The second kappa shape index (κ2) is 8.15. The summed E-state index contributed by atoms with van der Waals surface area (Å²) in [7, 11) is 0. The summed E-state index contributed by atoms with van der Waals surface area (Å²) in [6.07, 6.45) is -3.86. The van der Waals surface area contributed by atoms with Gasteiger partial charge in [-0.15, -0.1) is 0 Å². The Morgan fingerprint density at radius 1 is 0.769 bits per heavy atom. The minimum atomic E-state index is -1.06. The van der Waals surface area contributed by atoms with E-state index in [1.165, 1.54) is 0 Å². The molecule has 0 spiro atoms. The number of hydrogen-bond donors (Lipinski definition) is 4. The van der Waals surface area contributed by atoms with Crippen LogP contribution >= 0.6 is 0 Å². The van der Waals surface area contributed by atoms with Crippen molar-refractivity contribution in [2.45, 2.75) is 63.7 Å². The van der Waals surface area contributed by atoms with Crippen LogP contribution in [0.3, 0.4) is 0 Å². The number of nitrogens with one attached hydrogen (secondary N) is 2. The number of rotatable bonds is 7. The van der Waals surface area contributed by atoms with Gasteiger partial charge in [-0.1, -0.05) is 0 Å². The van der Waals surface area contributed by atoms with Crippen LogP contribution in [0.25, 0.3) is 0 Å². The Balaban J connectivity index is 2.22. The third kappa shape index (κ3) is 4.90. The van der Waals surface area contributed by atoms with Gasteiger partial charge in [0.25, 0.3) is 11.8 Å². The minimum Gasteiger partial charge on any atom is -0.395 e. The number of amides is 2. The molecular formula is C16H28N2O8. The Labute approximate surface area is 152 Å². The molecule has 2 rings (SSSR count). The van der Waals surface area contributed by atoms with Gasteiger partial charge in [0.05, 0.1) is 13.2 Å². The molecule has 2 fully saturated rings. The van der Waals surface area contributed by atoms with E-state index in [2.05, 4.69) is 10.6 Å². The highest BCUT2D eigenvalue weighted by molar-refractivity contribution is 5.84. The maximum Gasteiger partial charge on any atom is 0.252 e. The van der Waals surface area contributed by atoms with Crippen molar-refractivity contribution in [2.24, 2.45) is 0 Å². The molecular weight excluding hydrogens is 348 g/mol. The van der Waals surface area contributed by atoms with Crippen molar-refractivity contribution >= 4 is 11.8 Å². The Morgan fingerprint density at radius 2 is 1.12 bits per heavy atom. The van der Waals surface area contributed by atoms with Crippen molar-refractivity contribution in [3.63, 3.8) is 0 Å². The predicted molar refractivity (Wildman–Crippen MR) is 87.8 cm³/mol. The Bertz CT molecular complexity index is 478. The molecule has 0 aromatic carbocycles. The number of hydrogen-bond acceptors (Lipinski definition) is 8. The molecule has 2 unspecified atom stereocenters. The molecule has 0 aliphatic carbocycles. The molecule has 2 aliphatic heterocycles. The van der Waals surface area contributed by atoms with E-state index < -0.39 is 47.8 Å². The molecule has 0 aromatic rings. The van der Waals surface area contributed by atoms with Crippen molar-refractivity contribution < 1.29 is 38.7 Å². The van der Waals surface area contributed by atoms with Gasteiger partial charge in [0.2, 0.25) is 0 Å². The van der Waals surface area contributed by atoms with E-state index >= 15 is 0 Å². The van der Waals surface area contributed by atoms with Crippen LogP contribution in [-0.4, -0.2) is 84.3 Å². The SMILES string of the molecule is CC1(C)OC(C2OC(C)(C)O[C@H]2C(=O)NCCO)[C@@H](C(=O)NCCO)O1. The lowest BCUT2D eigenvalue weighted by Gasteiger charge is -2.25. The van der Waals surface area contributed by atoms with Crippen LogP contribution in [0, 0.1) is 0 Å². The van der Waals surface area contributed by atoms with E-state index in [4.69, 9.17) is 29.2 Å². The van der Waals surface area contributed by atoms with Crippen molar-refractivity contribution in [3.8, 4) is 0 Å². The maximum absolute atomic E-state index is 12.4. The van der Waals surface area contributed by atoms with Crippen molar-refractivity contribution in [1.82, 2.24) is 10.6 Å². The normalized spacial score (nSPS) is 32.4. The third-order valence-corrected chi connectivity index (χ3v) is 3.92. The van der Waals surface area contributed by atoms with E-state index in [9.17, 15) is 9.59 Å². The van der Waals surface area contributed by atoms with Gasteiger partial charge < -0.3 is 39.8 Å². The quantitative estimate of drug-likeness (QED) is 0.411. The first-order chi connectivity index (χ1) is 12.1. The van der Waals surface area contributed by atoms with Crippen molar-refractivity contribution in [2.75, 3.05) is 26.3 Å². The topological polar surface area (TPSA) is 136 Å². The zero-order chi connectivity index (χ0) is 19.5. The number of carbonyl (C=O) groups is 2. The average molecular weight is 376 g/mol. The summed E-state index contributed by atoms with van der Waals surface area (Å²) in [6.45, 7) is 6.33. The predicted octanol–water partition coefficient (Wildman–Crippen LogP) is -1.76. The lowest BCUT2D eigenvalue weighted by Crippen LogP contribution is -2.52. The summed E-state index contributed by atoms with van der Waals surface area (Å²) in [5.74, 6) is -3.07. The van der Waals surface area contributed by atoms with Gasteiger partial charge in [-0.3, -0.25) is 9.59 Å². The summed E-state index contributed by atoms with van der Waals surface area (Å²) >= 11 is 0. The maximum atomic E-state index is 12.4. The summed E-state index contributed by atoms with van der Waals surface area (Å²) < 4.78 is 23.1. The van der Waals surface area contributed by atoms with Crippen LogP contribution < -0.4 is 10.6 Å². The molecule has 10 nitrogen and oxygen atoms in total. The summed E-state index contributed by atoms with van der Waals surface area (Å²) in [6, 6.07) is 0. The summed E-state index contributed by atoms with van der Waals surface area (Å²) in [5.41, 5.74) is 0. The van der Waals surface area contributed by atoms with Crippen molar-refractivity contribution in [1.29, 1.82) is 0 Å². The molecule has 2 saturated heterocycles. The highest BCUT2D eigenvalue weighted by Crippen LogP contribution is 2.38. The number of aliphatic hydroxyl groups is 2. The van der Waals surface area contributed by atoms with Gasteiger partial charge in [0.15, 0.2) is 23.8 Å². The molecule has 0 saturated carbocycles. The standard InChI is InChI=1S/C16H28N2O8/c1-15(2)23-9(11(25-15)13(21)17-5-7-19)10-12(14(22)18-6-8-20)26-16(3,4)24-10/h9-12,19-20H,5-8H2,1-4H3,(H,17,21)(H,18,22)/t9?,10?,11-,12+. The van der Waals surface area contributed by atoms with Gasteiger partial charge in [-0.2, -0.15) is 0 Å². The van der Waals surface area contributed by atoms with Crippen LogP contribution in [0.5, 0.6) is 0 Å². The van der Waals surface area contributed by atoms with Gasteiger partial charge in [-0.25, -0.2) is 0 Å². The van der Waals surface area contributed by atoms with Crippen molar-refractivity contribution in [3.05, 3.63) is 0 Å². The first-order valence-corrected chi connectivity index (χ1v) is 8.58. The van der Waals surface area contributed by atoms with Gasteiger partial charge in [-0.05, 0) is 27.7 Å². The molecule has 2 heterocycles. The van der Waals surface area contributed by atoms with E-state index in [0.29, 0.717) is 0 Å². The highest BCUT2D eigenvalue weighted by Gasteiger charge is 2.57. The number of carbonyl (C=O) groups excluding carboxylic acids is 2. The van der Waals surface area contributed by atoms with Gasteiger partial charge in [0, 0.05) is 13.1 Å². The fraction of sp³-hybridized carbons (Fsp3) is 0.875. The molecule has 4 N–H and O–H groups in total. The van der Waals surface area contributed by atoms with Crippen LogP contribution in [0.15, 0.2) is 0 Å². The largest absolute Gasteiger partial charge is 0.395 e. The Morgan fingerprint density at radius 3 is 1.42 bits per heavy atom. The first kappa shape index (κ1) is 21.0. The highest BCUT2D eigenvalue weighted by atomic mass is 16.8. The minimum absolute atomic E-state index is 0.0692. The third-order valence-electron chi connectivity index (χ3n) is 3.92. The molecule has 2 aliphatic rings. The molecule has 0 bridgehead atoms. The lowest BCUT2D eigenvalue weighted by molar-refractivity contribution is -0.175. The molecule has 10 heteroatoms. The number of ether oxygens (including phenoxy) is 4. The smallest absolute Gasteiger partial charge is 0.252 e. The van der Waals surface area contributed by atoms with E-state index in [1.807, 2.05) is 0 Å². The molecule has 26 heavy (non-hydrogen) atoms. The average Bonchev–Trinajstić information content (AvgIpc) is 3.06. The molecule has 0 radical (unpaired) electrons. The van der Waals surface area contributed by atoms with Crippen LogP contribution in [0.1, 0.15) is 27.7 Å². The fourth-order valence-corrected chi connectivity index (χ4v) is 3.02. The molecule has 4 atom stereocenters. The molecule has 150 valence electrons. The fourth-order valence-electron chi connectivity index (χ4n) is 3.02.